The summed E-state index contributed by atoms with van der Waals surface area (Å²) in [6, 6.07) is 9.46. The molecule has 0 amide bonds. The van der Waals surface area contributed by atoms with Crippen LogP contribution in [0.2, 0.25) is 0 Å². The quantitative estimate of drug-likeness (QED) is 0.496. The normalized spacial score (nSPS) is 15.5. The first-order valence-electron chi connectivity index (χ1n) is 11.8. The molecule has 1 aliphatic rings. The zero-order valence-corrected chi connectivity index (χ0v) is 20.0. The minimum atomic E-state index is 0.676. The zero-order chi connectivity index (χ0) is 22.2. The molecular formula is C25H40N6. The maximum absolute atomic E-state index is 4.89. The largest absolute Gasteiger partial charge is 0.357 e. The Kier molecular flexibility index (Phi) is 8.52. The molecule has 0 spiro atoms. The Bertz CT molecular complexity index is 863. The highest BCUT2D eigenvalue weighted by Crippen LogP contribution is 2.23. The number of nitrogens with zero attached hydrogens (tertiary/aromatic N) is 4. The highest BCUT2D eigenvalue weighted by atomic mass is 15.3. The van der Waals surface area contributed by atoms with Gasteiger partial charge in [0.2, 0.25) is 0 Å². The van der Waals surface area contributed by atoms with E-state index < -0.39 is 0 Å². The van der Waals surface area contributed by atoms with Crippen molar-refractivity contribution >= 4 is 5.96 Å². The van der Waals surface area contributed by atoms with Gasteiger partial charge >= 0.3 is 0 Å². The fourth-order valence-corrected chi connectivity index (χ4v) is 4.54. The Morgan fingerprint density at radius 2 is 1.84 bits per heavy atom. The van der Waals surface area contributed by atoms with E-state index >= 15 is 0 Å². The Balaban J connectivity index is 1.66. The van der Waals surface area contributed by atoms with Gasteiger partial charge in [-0.3, -0.25) is 9.58 Å². The number of benzene rings is 1. The molecule has 1 aromatic carbocycles. The molecule has 3 rings (SSSR count). The topological polar surface area (TPSA) is 57.5 Å². The number of rotatable bonds is 8. The monoisotopic (exact) mass is 424 g/mol. The fraction of sp³-hybridized carbons (Fsp3) is 0.600. The minimum absolute atomic E-state index is 0.676. The highest BCUT2D eigenvalue weighted by molar-refractivity contribution is 5.79. The summed E-state index contributed by atoms with van der Waals surface area (Å²) in [5, 5.41) is 11.4. The first kappa shape index (κ1) is 23.3. The van der Waals surface area contributed by atoms with Gasteiger partial charge in [-0.25, -0.2) is 4.99 Å². The number of aromatic nitrogens is 2. The van der Waals surface area contributed by atoms with Crippen molar-refractivity contribution in [3.8, 4) is 0 Å². The summed E-state index contributed by atoms with van der Waals surface area (Å²) in [6.45, 7) is 9.51. The second-order valence-electron chi connectivity index (χ2n) is 8.80. The van der Waals surface area contributed by atoms with Crippen molar-refractivity contribution in [1.82, 2.24) is 25.3 Å². The van der Waals surface area contributed by atoms with Crippen LogP contribution in [0.3, 0.4) is 0 Å². The lowest BCUT2D eigenvalue weighted by atomic mass is 9.94. The minimum Gasteiger partial charge on any atom is -0.357 e. The van der Waals surface area contributed by atoms with Crippen molar-refractivity contribution in [1.29, 1.82) is 0 Å². The second kappa shape index (κ2) is 11.3. The van der Waals surface area contributed by atoms with E-state index in [-0.39, 0.29) is 0 Å². The van der Waals surface area contributed by atoms with Gasteiger partial charge in [-0.15, -0.1) is 0 Å². The van der Waals surface area contributed by atoms with Gasteiger partial charge < -0.3 is 10.6 Å². The first-order chi connectivity index (χ1) is 15.0. The van der Waals surface area contributed by atoms with Gasteiger partial charge in [-0.05, 0) is 51.8 Å². The van der Waals surface area contributed by atoms with Gasteiger partial charge in [0, 0.05) is 44.0 Å². The molecule has 0 bridgehead atoms. The van der Waals surface area contributed by atoms with Crippen LogP contribution in [-0.4, -0.2) is 40.3 Å². The van der Waals surface area contributed by atoms with Crippen molar-refractivity contribution in [2.24, 2.45) is 12.0 Å². The van der Waals surface area contributed by atoms with E-state index in [2.05, 4.69) is 72.7 Å². The predicted octanol–water partition coefficient (Wildman–Crippen LogP) is 4.06. The number of aryl methyl sites for hydroxylation is 2. The van der Waals surface area contributed by atoms with Crippen molar-refractivity contribution < 1.29 is 0 Å². The third-order valence-electron chi connectivity index (χ3n) is 6.58. The van der Waals surface area contributed by atoms with Gasteiger partial charge in [-0.2, -0.15) is 5.10 Å². The molecule has 31 heavy (non-hydrogen) atoms. The van der Waals surface area contributed by atoms with Gasteiger partial charge in [0.15, 0.2) is 5.96 Å². The Morgan fingerprint density at radius 1 is 1.13 bits per heavy atom. The van der Waals surface area contributed by atoms with E-state index in [9.17, 15) is 0 Å². The molecule has 1 aromatic heterocycles. The maximum Gasteiger partial charge on any atom is 0.191 e. The average Bonchev–Trinajstić information content (AvgIpc) is 3.02. The van der Waals surface area contributed by atoms with Crippen molar-refractivity contribution in [2.75, 3.05) is 13.6 Å². The van der Waals surface area contributed by atoms with E-state index in [0.717, 1.165) is 37.3 Å². The van der Waals surface area contributed by atoms with Crippen LogP contribution in [0.25, 0.3) is 0 Å². The molecule has 0 saturated heterocycles. The van der Waals surface area contributed by atoms with Crippen molar-refractivity contribution in [2.45, 2.75) is 78.6 Å². The lowest BCUT2D eigenvalue weighted by Crippen LogP contribution is -2.37. The average molecular weight is 425 g/mol. The molecule has 6 nitrogen and oxygen atoms in total. The summed E-state index contributed by atoms with van der Waals surface area (Å²) in [7, 11) is 4.27. The van der Waals surface area contributed by atoms with Gasteiger partial charge in [0.1, 0.15) is 0 Å². The molecule has 0 radical (unpaired) electrons. The molecular weight excluding hydrogens is 384 g/mol. The summed E-state index contributed by atoms with van der Waals surface area (Å²) >= 11 is 0. The third-order valence-corrected chi connectivity index (χ3v) is 6.58. The van der Waals surface area contributed by atoms with E-state index in [1.165, 1.54) is 54.5 Å². The van der Waals surface area contributed by atoms with Crippen LogP contribution in [0.5, 0.6) is 0 Å². The van der Waals surface area contributed by atoms with Crippen LogP contribution in [0.15, 0.2) is 29.3 Å². The number of hydrogen-bond acceptors (Lipinski definition) is 3. The van der Waals surface area contributed by atoms with Crippen LogP contribution in [0, 0.1) is 13.8 Å². The molecule has 0 aliphatic heterocycles. The van der Waals surface area contributed by atoms with Gasteiger partial charge in [-0.1, -0.05) is 43.5 Å². The van der Waals surface area contributed by atoms with Gasteiger partial charge in [0.25, 0.3) is 0 Å². The fourth-order valence-electron chi connectivity index (χ4n) is 4.54. The molecule has 170 valence electrons. The van der Waals surface area contributed by atoms with Crippen molar-refractivity contribution in [3.63, 3.8) is 0 Å². The lowest BCUT2D eigenvalue weighted by molar-refractivity contribution is 0.184. The van der Waals surface area contributed by atoms with E-state index in [1.54, 1.807) is 0 Å². The molecule has 2 aromatic rings. The summed E-state index contributed by atoms with van der Waals surface area (Å²) < 4.78 is 1.94. The molecule has 1 aliphatic carbocycles. The van der Waals surface area contributed by atoms with Crippen LogP contribution >= 0.6 is 0 Å². The Labute approximate surface area is 188 Å². The predicted molar refractivity (Wildman–Crippen MR) is 129 cm³/mol. The number of aliphatic imine (C=N–C) groups is 1. The zero-order valence-electron chi connectivity index (χ0n) is 20.0. The summed E-state index contributed by atoms with van der Waals surface area (Å²) in [5.74, 6) is 0.848. The maximum atomic E-state index is 4.89. The summed E-state index contributed by atoms with van der Waals surface area (Å²) in [4.78, 5) is 7.43. The summed E-state index contributed by atoms with van der Waals surface area (Å²) in [5.41, 5.74) is 6.18. The molecule has 2 N–H and O–H groups in total. The molecule has 1 fully saturated rings. The Hall–Kier alpha value is -2.34. The molecule has 0 atom stereocenters. The van der Waals surface area contributed by atoms with E-state index in [0.29, 0.717) is 6.54 Å². The molecule has 1 saturated carbocycles. The second-order valence-corrected chi connectivity index (χ2v) is 8.80. The number of guanidine groups is 1. The molecule has 1 heterocycles. The van der Waals surface area contributed by atoms with Crippen LogP contribution in [-0.2, 0) is 26.7 Å². The van der Waals surface area contributed by atoms with Crippen LogP contribution < -0.4 is 10.6 Å². The van der Waals surface area contributed by atoms with Crippen LogP contribution in [0.1, 0.15) is 67.1 Å². The molecule has 0 unspecified atom stereocenters. The standard InChI is InChI=1S/C25H40N6/c1-6-26-25(28-17-24-19(2)29-31(5)20(24)3)27-16-21-12-10-11-13-22(21)18-30(4)23-14-8-7-9-15-23/h10-13,23H,6-9,14-18H2,1-5H3,(H2,26,27,28). The molecule has 6 heteroatoms. The van der Waals surface area contributed by atoms with Gasteiger partial charge in [0.05, 0.1) is 12.2 Å². The Morgan fingerprint density at radius 3 is 2.48 bits per heavy atom. The third kappa shape index (κ3) is 6.33. The first-order valence-corrected chi connectivity index (χ1v) is 11.8. The SMILES string of the molecule is CCNC(=NCc1ccccc1CN(C)C1CCCCC1)NCc1c(C)nn(C)c1C. The summed E-state index contributed by atoms with van der Waals surface area (Å²) in [6.07, 6.45) is 6.80. The van der Waals surface area contributed by atoms with E-state index in [4.69, 9.17) is 4.99 Å². The van der Waals surface area contributed by atoms with Crippen LogP contribution in [0.4, 0.5) is 0 Å². The number of nitrogens with one attached hydrogen (secondary N) is 2. The highest BCUT2D eigenvalue weighted by Gasteiger charge is 2.18. The smallest absolute Gasteiger partial charge is 0.191 e. The lowest BCUT2D eigenvalue weighted by Gasteiger charge is -2.31. The number of hydrogen-bond donors (Lipinski definition) is 2. The van der Waals surface area contributed by atoms with E-state index in [1.807, 2.05) is 11.7 Å². The van der Waals surface area contributed by atoms with Crippen molar-refractivity contribution in [3.05, 3.63) is 52.3 Å².